The van der Waals surface area contributed by atoms with Crippen molar-refractivity contribution in [2.24, 2.45) is 0 Å². The molecule has 0 aliphatic heterocycles. The third kappa shape index (κ3) is 4.75. The van der Waals surface area contributed by atoms with Crippen molar-refractivity contribution >= 4 is 32.6 Å². The normalized spacial score (nSPS) is 11.6. The molecule has 0 N–H and O–H groups in total. The summed E-state index contributed by atoms with van der Waals surface area (Å²) < 4.78 is 8.45. The number of hydrogen-bond donors (Lipinski definition) is 0. The van der Waals surface area contributed by atoms with Crippen LogP contribution in [0.1, 0.15) is 55.5 Å². The zero-order valence-corrected chi connectivity index (χ0v) is 20.4. The Morgan fingerprint density at radius 1 is 1.19 bits per heavy atom. The van der Waals surface area contributed by atoms with E-state index < -0.39 is 0 Å². The number of carbonyl (C=O) groups is 1. The van der Waals surface area contributed by atoms with Crippen LogP contribution in [0.15, 0.2) is 18.2 Å². The smallest absolute Gasteiger partial charge is 0.280 e. The van der Waals surface area contributed by atoms with Crippen LogP contribution < -0.4 is 9.64 Å². The molecule has 0 radical (unpaired) electrons. The average Bonchev–Trinajstić information content (AvgIpc) is 3.36. The van der Waals surface area contributed by atoms with Gasteiger partial charge in [-0.3, -0.25) is 14.4 Å². The maximum absolute atomic E-state index is 13.6. The van der Waals surface area contributed by atoms with E-state index in [4.69, 9.17) is 9.72 Å². The number of nitrogens with zero attached hydrogens (tertiary/aromatic N) is 5. The first-order chi connectivity index (χ1) is 14.8. The summed E-state index contributed by atoms with van der Waals surface area (Å²) in [5, 5.41) is 5.27. The number of amides is 1. The van der Waals surface area contributed by atoms with Crippen LogP contribution in [0.5, 0.6) is 5.75 Å². The number of aryl methyl sites for hydroxylation is 2. The molecule has 3 aromatic rings. The largest absolute Gasteiger partial charge is 0.494 e. The summed E-state index contributed by atoms with van der Waals surface area (Å²) in [5.41, 5.74) is 3.35. The van der Waals surface area contributed by atoms with E-state index in [1.807, 2.05) is 29.8 Å². The van der Waals surface area contributed by atoms with E-state index in [1.165, 1.54) is 11.3 Å². The zero-order valence-electron chi connectivity index (χ0n) is 19.6. The Labute approximate surface area is 188 Å². The molecular weight excluding hydrogens is 410 g/mol. The molecule has 2 aromatic heterocycles. The van der Waals surface area contributed by atoms with E-state index in [0.29, 0.717) is 17.4 Å². The van der Waals surface area contributed by atoms with Gasteiger partial charge >= 0.3 is 0 Å². The van der Waals surface area contributed by atoms with Gasteiger partial charge in [0.1, 0.15) is 11.3 Å². The number of rotatable bonds is 9. The first kappa shape index (κ1) is 23.2. The zero-order chi connectivity index (χ0) is 22.7. The first-order valence-corrected chi connectivity index (χ1v) is 11.7. The molecule has 8 heteroatoms. The molecule has 168 valence electrons. The standard InChI is InChI=1S/C23H33N5O2S/c1-8-26(9-2)12-13-27(22(29)18-14-17(6)28(25-18)15(3)4)23-24-20-19(30-7)11-10-16(5)21(20)31-23/h10-11,14-15H,8-9,12-13H2,1-7H3. The Balaban J connectivity index is 2.04. The molecule has 0 aliphatic rings. The summed E-state index contributed by atoms with van der Waals surface area (Å²) in [6.07, 6.45) is 0. The number of fused-ring (bicyclic) bond motifs is 1. The second-order valence-electron chi connectivity index (χ2n) is 7.95. The third-order valence-electron chi connectivity index (χ3n) is 5.55. The van der Waals surface area contributed by atoms with Gasteiger partial charge in [0, 0.05) is 24.8 Å². The predicted octanol–water partition coefficient (Wildman–Crippen LogP) is 4.69. The number of ether oxygens (including phenoxy) is 1. The highest BCUT2D eigenvalue weighted by atomic mass is 32.1. The molecule has 0 bridgehead atoms. The molecule has 0 aliphatic carbocycles. The van der Waals surface area contributed by atoms with Crippen LogP contribution in [0.3, 0.4) is 0 Å². The minimum Gasteiger partial charge on any atom is -0.494 e. The molecule has 0 spiro atoms. The van der Waals surface area contributed by atoms with Gasteiger partial charge in [-0.25, -0.2) is 4.98 Å². The van der Waals surface area contributed by atoms with Gasteiger partial charge in [-0.15, -0.1) is 0 Å². The highest BCUT2D eigenvalue weighted by molar-refractivity contribution is 7.22. The minimum atomic E-state index is -0.120. The molecular formula is C23H33N5O2S. The van der Waals surface area contributed by atoms with Gasteiger partial charge in [-0.2, -0.15) is 5.10 Å². The van der Waals surface area contributed by atoms with Crippen LogP contribution >= 0.6 is 11.3 Å². The van der Waals surface area contributed by atoms with E-state index in [1.54, 1.807) is 12.0 Å². The van der Waals surface area contributed by atoms with Gasteiger partial charge in [0.25, 0.3) is 5.91 Å². The Morgan fingerprint density at radius 2 is 1.90 bits per heavy atom. The molecule has 1 aromatic carbocycles. The van der Waals surface area contributed by atoms with Crippen LogP contribution in [0.4, 0.5) is 5.13 Å². The Bertz CT molecular complexity index is 1050. The number of anilines is 1. The quantitative estimate of drug-likeness (QED) is 0.480. The predicted molar refractivity (Wildman–Crippen MR) is 128 cm³/mol. The van der Waals surface area contributed by atoms with Crippen LogP contribution in [0.25, 0.3) is 10.2 Å². The van der Waals surface area contributed by atoms with Gasteiger partial charge in [0.15, 0.2) is 10.8 Å². The number of benzene rings is 1. The van der Waals surface area contributed by atoms with Crippen LogP contribution in [0, 0.1) is 13.8 Å². The molecule has 0 fully saturated rings. The monoisotopic (exact) mass is 443 g/mol. The second-order valence-corrected chi connectivity index (χ2v) is 8.93. The number of methoxy groups -OCH3 is 1. The van der Waals surface area contributed by atoms with Crippen molar-refractivity contribution in [2.45, 2.75) is 47.6 Å². The average molecular weight is 444 g/mol. The van der Waals surface area contributed by atoms with E-state index >= 15 is 0 Å². The summed E-state index contributed by atoms with van der Waals surface area (Å²) in [5.74, 6) is 0.601. The lowest BCUT2D eigenvalue weighted by Crippen LogP contribution is -2.39. The fourth-order valence-electron chi connectivity index (χ4n) is 3.70. The van der Waals surface area contributed by atoms with Crippen molar-refractivity contribution < 1.29 is 9.53 Å². The fourth-order valence-corrected chi connectivity index (χ4v) is 4.77. The van der Waals surface area contributed by atoms with Gasteiger partial charge < -0.3 is 9.64 Å². The maximum atomic E-state index is 13.6. The first-order valence-electron chi connectivity index (χ1n) is 10.8. The molecule has 2 heterocycles. The lowest BCUT2D eigenvalue weighted by atomic mass is 10.2. The summed E-state index contributed by atoms with van der Waals surface area (Å²) in [6.45, 7) is 15.6. The lowest BCUT2D eigenvalue weighted by Gasteiger charge is -2.24. The SMILES string of the molecule is CCN(CC)CCN(C(=O)c1cc(C)n(C(C)C)n1)c1nc2c(OC)ccc(C)c2s1. The minimum absolute atomic E-state index is 0.120. The Morgan fingerprint density at radius 3 is 2.48 bits per heavy atom. The van der Waals surface area contributed by atoms with Gasteiger partial charge in [0.2, 0.25) is 0 Å². The second kappa shape index (κ2) is 9.78. The number of hydrogen-bond acceptors (Lipinski definition) is 6. The van der Waals surface area contributed by atoms with E-state index in [0.717, 1.165) is 46.9 Å². The summed E-state index contributed by atoms with van der Waals surface area (Å²) in [6, 6.07) is 6.02. The Kier molecular flexibility index (Phi) is 7.33. The van der Waals surface area contributed by atoms with Crippen molar-refractivity contribution in [2.75, 3.05) is 38.2 Å². The van der Waals surface area contributed by atoms with Gasteiger partial charge in [-0.1, -0.05) is 31.3 Å². The van der Waals surface area contributed by atoms with E-state index in [-0.39, 0.29) is 11.9 Å². The number of carbonyl (C=O) groups excluding carboxylic acids is 1. The van der Waals surface area contributed by atoms with E-state index in [2.05, 4.69) is 44.6 Å². The number of likely N-dealkylation sites (N-methyl/N-ethyl adjacent to an activating group) is 1. The lowest BCUT2D eigenvalue weighted by molar-refractivity contribution is 0.0978. The molecule has 0 atom stereocenters. The number of aromatic nitrogens is 3. The fraction of sp³-hybridized carbons (Fsp3) is 0.522. The molecule has 3 rings (SSSR count). The summed E-state index contributed by atoms with van der Waals surface area (Å²) in [7, 11) is 1.65. The van der Waals surface area contributed by atoms with Crippen molar-refractivity contribution in [1.29, 1.82) is 0 Å². The molecule has 31 heavy (non-hydrogen) atoms. The van der Waals surface area contributed by atoms with Crippen LogP contribution in [0.2, 0.25) is 0 Å². The molecule has 0 saturated heterocycles. The van der Waals surface area contributed by atoms with Gasteiger partial charge in [0.05, 0.1) is 11.8 Å². The van der Waals surface area contributed by atoms with Crippen molar-refractivity contribution in [3.8, 4) is 5.75 Å². The summed E-state index contributed by atoms with van der Waals surface area (Å²) >= 11 is 1.53. The summed E-state index contributed by atoms with van der Waals surface area (Å²) in [4.78, 5) is 22.5. The molecule has 1 amide bonds. The third-order valence-corrected chi connectivity index (χ3v) is 6.77. The van der Waals surface area contributed by atoms with E-state index in [9.17, 15) is 4.79 Å². The maximum Gasteiger partial charge on any atom is 0.280 e. The van der Waals surface area contributed by atoms with Crippen molar-refractivity contribution in [3.63, 3.8) is 0 Å². The highest BCUT2D eigenvalue weighted by Crippen LogP contribution is 2.36. The molecule has 7 nitrogen and oxygen atoms in total. The molecule has 0 saturated carbocycles. The van der Waals surface area contributed by atoms with Crippen molar-refractivity contribution in [1.82, 2.24) is 19.7 Å². The highest BCUT2D eigenvalue weighted by Gasteiger charge is 2.26. The topological polar surface area (TPSA) is 63.5 Å². The Hall–Kier alpha value is -2.45. The van der Waals surface area contributed by atoms with Crippen molar-refractivity contribution in [3.05, 3.63) is 35.2 Å². The van der Waals surface area contributed by atoms with Crippen LogP contribution in [-0.2, 0) is 0 Å². The molecule has 0 unspecified atom stereocenters. The van der Waals surface area contributed by atoms with Crippen LogP contribution in [-0.4, -0.2) is 58.9 Å². The van der Waals surface area contributed by atoms with Gasteiger partial charge in [-0.05, 0) is 58.5 Å². The number of thiazole rings is 1.